The molecule has 7 nitrogen and oxygen atoms in total. The number of urea groups is 1. The van der Waals surface area contributed by atoms with E-state index in [4.69, 9.17) is 4.74 Å². The van der Waals surface area contributed by atoms with Crippen molar-refractivity contribution in [3.05, 3.63) is 16.6 Å². The Morgan fingerprint density at radius 3 is 2.70 bits per heavy atom. The van der Waals surface area contributed by atoms with Crippen LogP contribution in [0.3, 0.4) is 0 Å². The van der Waals surface area contributed by atoms with E-state index in [1.54, 1.807) is 30.4 Å². The zero-order valence-electron chi connectivity index (χ0n) is 13.5. The van der Waals surface area contributed by atoms with Crippen LogP contribution in [0.1, 0.15) is 17.8 Å². The van der Waals surface area contributed by atoms with Crippen molar-refractivity contribution in [2.45, 2.75) is 24.9 Å². The van der Waals surface area contributed by atoms with E-state index in [0.29, 0.717) is 26.0 Å². The second kappa shape index (κ2) is 6.54. The number of hydrogen-bond acceptors (Lipinski definition) is 6. The molecule has 3 heterocycles. The Morgan fingerprint density at radius 1 is 1.35 bits per heavy atom. The van der Waals surface area contributed by atoms with Gasteiger partial charge in [0.15, 0.2) is 0 Å². The molecular weight excluding hydrogens is 316 g/mol. The van der Waals surface area contributed by atoms with Crippen LogP contribution in [0.25, 0.3) is 0 Å². The fraction of sp³-hybridized carbons (Fsp3) is 0.667. The van der Waals surface area contributed by atoms with Gasteiger partial charge in [0.25, 0.3) is 5.91 Å². The summed E-state index contributed by atoms with van der Waals surface area (Å²) in [6.45, 7) is 3.28. The smallest absolute Gasteiger partial charge is 0.327 e. The lowest BCUT2D eigenvalue weighted by Crippen LogP contribution is -2.57. The number of nitrogens with zero attached hydrogens (tertiary/aromatic N) is 4. The Morgan fingerprint density at radius 2 is 2.09 bits per heavy atom. The average molecular weight is 338 g/mol. The maximum absolute atomic E-state index is 12.7. The Kier molecular flexibility index (Phi) is 4.65. The number of aromatic nitrogens is 1. The van der Waals surface area contributed by atoms with Crippen LogP contribution in [0.5, 0.6) is 0 Å². The lowest BCUT2D eigenvalue weighted by atomic mass is 9.86. The second-order valence-electron chi connectivity index (χ2n) is 6.02. The highest BCUT2D eigenvalue weighted by Gasteiger charge is 2.56. The fourth-order valence-corrected chi connectivity index (χ4v) is 4.12. The van der Waals surface area contributed by atoms with Crippen LogP contribution in [0.4, 0.5) is 4.79 Å². The number of carbonyl (C=O) groups is 2. The number of amides is 3. The van der Waals surface area contributed by atoms with E-state index in [0.717, 1.165) is 24.6 Å². The molecule has 1 aromatic rings. The predicted molar refractivity (Wildman–Crippen MR) is 86.1 cm³/mol. The number of piperidine rings is 1. The number of hydrogen-bond donors (Lipinski definition) is 0. The Hall–Kier alpha value is -1.51. The van der Waals surface area contributed by atoms with Crippen LogP contribution < -0.4 is 0 Å². The third kappa shape index (κ3) is 2.86. The Bertz CT molecular complexity index is 569. The number of methoxy groups -OCH3 is 1. The van der Waals surface area contributed by atoms with Crippen molar-refractivity contribution in [1.82, 2.24) is 19.7 Å². The molecule has 0 N–H and O–H groups in total. The fourth-order valence-electron chi connectivity index (χ4n) is 3.46. The van der Waals surface area contributed by atoms with Crippen molar-refractivity contribution in [3.63, 3.8) is 0 Å². The first-order chi connectivity index (χ1) is 11.1. The maximum atomic E-state index is 12.7. The molecule has 0 aliphatic carbocycles. The monoisotopic (exact) mass is 338 g/mol. The summed E-state index contributed by atoms with van der Waals surface area (Å²) in [6.07, 6.45) is 3.14. The Balaban J connectivity index is 1.70. The molecule has 0 bridgehead atoms. The van der Waals surface area contributed by atoms with Crippen molar-refractivity contribution in [3.8, 4) is 0 Å². The first kappa shape index (κ1) is 16.4. The van der Waals surface area contributed by atoms with Gasteiger partial charge in [-0.25, -0.2) is 9.78 Å². The zero-order valence-corrected chi connectivity index (χ0v) is 14.3. The van der Waals surface area contributed by atoms with Crippen LogP contribution in [0.2, 0.25) is 0 Å². The van der Waals surface area contributed by atoms with E-state index in [9.17, 15) is 9.59 Å². The van der Waals surface area contributed by atoms with E-state index in [1.807, 2.05) is 11.6 Å². The standard InChI is InChI=1S/C15H22N4O3S/c1-17-13(20)15(19(14(17)21)8-9-22-2)3-6-18(7-4-15)11-12-16-5-10-23-12/h5,10H,3-4,6-9,11H2,1-2H3. The minimum absolute atomic E-state index is 0.0764. The minimum atomic E-state index is -0.691. The molecule has 1 aromatic heterocycles. The lowest BCUT2D eigenvalue weighted by Gasteiger charge is -2.42. The van der Waals surface area contributed by atoms with Crippen molar-refractivity contribution in [2.75, 3.05) is 40.4 Å². The van der Waals surface area contributed by atoms with Crippen LogP contribution in [0.15, 0.2) is 11.6 Å². The minimum Gasteiger partial charge on any atom is -0.383 e. The molecule has 2 aliphatic rings. The largest absolute Gasteiger partial charge is 0.383 e. The highest BCUT2D eigenvalue weighted by atomic mass is 32.1. The van der Waals surface area contributed by atoms with Gasteiger partial charge in [0.1, 0.15) is 10.5 Å². The number of likely N-dealkylation sites (N-methyl/N-ethyl adjacent to an activating group) is 1. The topological polar surface area (TPSA) is 66.0 Å². The molecule has 0 saturated carbocycles. The highest BCUT2D eigenvalue weighted by molar-refractivity contribution is 7.09. The van der Waals surface area contributed by atoms with Gasteiger partial charge in [0.2, 0.25) is 0 Å². The van der Waals surface area contributed by atoms with Gasteiger partial charge in [-0.15, -0.1) is 11.3 Å². The van der Waals surface area contributed by atoms with E-state index in [1.165, 1.54) is 4.90 Å². The van der Waals surface area contributed by atoms with Crippen LogP contribution in [-0.2, 0) is 16.1 Å². The molecule has 2 aliphatic heterocycles. The zero-order chi connectivity index (χ0) is 16.4. The molecule has 0 aromatic carbocycles. The molecule has 0 unspecified atom stereocenters. The molecule has 23 heavy (non-hydrogen) atoms. The van der Waals surface area contributed by atoms with Gasteiger partial charge in [0, 0.05) is 45.4 Å². The first-order valence-electron chi connectivity index (χ1n) is 7.78. The molecule has 3 amide bonds. The maximum Gasteiger partial charge on any atom is 0.327 e. The third-order valence-electron chi connectivity index (χ3n) is 4.78. The molecule has 1 spiro atoms. The number of likely N-dealkylation sites (tertiary alicyclic amines) is 1. The van der Waals surface area contributed by atoms with Gasteiger partial charge >= 0.3 is 6.03 Å². The van der Waals surface area contributed by atoms with Crippen molar-refractivity contribution >= 4 is 23.3 Å². The third-order valence-corrected chi connectivity index (χ3v) is 5.55. The number of thiazole rings is 1. The summed E-state index contributed by atoms with van der Waals surface area (Å²) in [7, 11) is 3.18. The van der Waals surface area contributed by atoms with E-state index < -0.39 is 5.54 Å². The van der Waals surface area contributed by atoms with Crippen LogP contribution in [0, 0.1) is 0 Å². The summed E-state index contributed by atoms with van der Waals surface area (Å²) in [5.74, 6) is -0.0764. The summed E-state index contributed by atoms with van der Waals surface area (Å²) in [6, 6.07) is -0.208. The molecule has 3 rings (SSSR count). The summed E-state index contributed by atoms with van der Waals surface area (Å²) in [5.41, 5.74) is -0.691. The number of imide groups is 1. The van der Waals surface area contributed by atoms with Crippen molar-refractivity contribution < 1.29 is 14.3 Å². The lowest BCUT2D eigenvalue weighted by molar-refractivity contribution is -0.135. The average Bonchev–Trinajstić information content (AvgIpc) is 3.12. The van der Waals surface area contributed by atoms with Gasteiger partial charge in [-0.1, -0.05) is 0 Å². The summed E-state index contributed by atoms with van der Waals surface area (Å²) >= 11 is 1.64. The summed E-state index contributed by atoms with van der Waals surface area (Å²) < 4.78 is 5.11. The predicted octanol–water partition coefficient (Wildman–Crippen LogP) is 1.02. The van der Waals surface area contributed by atoms with E-state index in [2.05, 4.69) is 9.88 Å². The SMILES string of the molecule is COCCN1C(=O)N(C)C(=O)C12CCN(Cc1nccs1)CC2. The molecule has 2 fully saturated rings. The van der Waals surface area contributed by atoms with Crippen LogP contribution in [-0.4, -0.2) is 77.6 Å². The molecule has 8 heteroatoms. The van der Waals surface area contributed by atoms with Crippen molar-refractivity contribution in [1.29, 1.82) is 0 Å². The molecule has 126 valence electrons. The van der Waals surface area contributed by atoms with Crippen LogP contribution >= 0.6 is 11.3 Å². The first-order valence-corrected chi connectivity index (χ1v) is 8.66. The number of carbonyl (C=O) groups excluding carboxylic acids is 2. The number of ether oxygens (including phenoxy) is 1. The summed E-state index contributed by atoms with van der Waals surface area (Å²) in [4.78, 5) is 34.6. The Labute approximate surface area is 139 Å². The summed E-state index contributed by atoms with van der Waals surface area (Å²) in [5, 5.41) is 3.06. The molecule has 0 atom stereocenters. The van der Waals surface area contributed by atoms with Crippen molar-refractivity contribution in [2.24, 2.45) is 0 Å². The normalized spacial score (nSPS) is 21.7. The second-order valence-corrected chi connectivity index (χ2v) is 7.00. The van der Waals surface area contributed by atoms with Gasteiger partial charge in [-0.3, -0.25) is 14.6 Å². The van der Waals surface area contributed by atoms with E-state index in [-0.39, 0.29) is 11.9 Å². The number of rotatable bonds is 5. The van der Waals surface area contributed by atoms with Gasteiger partial charge in [-0.2, -0.15) is 0 Å². The van der Waals surface area contributed by atoms with Gasteiger partial charge in [-0.05, 0) is 12.8 Å². The highest BCUT2D eigenvalue weighted by Crippen LogP contribution is 2.36. The van der Waals surface area contributed by atoms with Gasteiger partial charge in [0.05, 0.1) is 13.2 Å². The van der Waals surface area contributed by atoms with E-state index >= 15 is 0 Å². The molecular formula is C15H22N4O3S. The molecule has 2 saturated heterocycles. The van der Waals surface area contributed by atoms with Gasteiger partial charge < -0.3 is 9.64 Å². The molecule has 0 radical (unpaired) electrons. The quantitative estimate of drug-likeness (QED) is 0.750.